The van der Waals surface area contributed by atoms with Gasteiger partial charge in [0.2, 0.25) is 5.91 Å². The Morgan fingerprint density at radius 2 is 1.76 bits per heavy atom. The van der Waals surface area contributed by atoms with Crippen molar-refractivity contribution in [2.24, 2.45) is 0 Å². The predicted octanol–water partition coefficient (Wildman–Crippen LogP) is 4.94. The molecule has 176 valence electrons. The maximum absolute atomic E-state index is 12.5. The van der Waals surface area contributed by atoms with Gasteiger partial charge < -0.3 is 14.5 Å². The van der Waals surface area contributed by atoms with E-state index < -0.39 is 18.4 Å². The number of amides is 1. The number of ether oxygens (including phenoxy) is 1. The third-order valence-electron chi connectivity index (χ3n) is 4.94. The Morgan fingerprint density at radius 1 is 1.09 bits per heavy atom. The minimum atomic E-state index is -4.40. The highest BCUT2D eigenvalue weighted by molar-refractivity contribution is 5.92. The van der Waals surface area contributed by atoms with Crippen molar-refractivity contribution in [3.63, 3.8) is 0 Å². The fourth-order valence-corrected chi connectivity index (χ4v) is 3.81. The SMILES string of the molecule is CC(=O)Nc1ccc2c(CN(C)Cc3cc(C)c(OCC(F)(F)F)c(C)c3)cc(=O)oc2c1. The summed E-state index contributed by atoms with van der Waals surface area (Å²) in [5.41, 5.74) is 3.32. The molecule has 0 saturated heterocycles. The lowest BCUT2D eigenvalue weighted by Crippen LogP contribution is -2.20. The lowest BCUT2D eigenvalue weighted by atomic mass is 10.0. The van der Waals surface area contributed by atoms with Gasteiger partial charge in [0, 0.05) is 43.2 Å². The van der Waals surface area contributed by atoms with Crippen molar-refractivity contribution < 1.29 is 27.1 Å². The Balaban J connectivity index is 1.78. The Kier molecular flexibility index (Phi) is 7.12. The summed E-state index contributed by atoms with van der Waals surface area (Å²) in [7, 11) is 1.88. The van der Waals surface area contributed by atoms with Gasteiger partial charge in [0.05, 0.1) is 0 Å². The number of aryl methyl sites for hydroxylation is 2. The fourth-order valence-electron chi connectivity index (χ4n) is 3.81. The summed E-state index contributed by atoms with van der Waals surface area (Å²) in [6, 6.07) is 10.2. The Labute approximate surface area is 189 Å². The third-order valence-corrected chi connectivity index (χ3v) is 4.94. The number of halogens is 3. The highest BCUT2D eigenvalue weighted by atomic mass is 19.4. The van der Waals surface area contributed by atoms with Crippen LogP contribution in [0.15, 0.2) is 45.6 Å². The largest absolute Gasteiger partial charge is 0.484 e. The van der Waals surface area contributed by atoms with Gasteiger partial charge in [-0.3, -0.25) is 9.69 Å². The van der Waals surface area contributed by atoms with Crippen LogP contribution in [-0.4, -0.2) is 30.6 Å². The van der Waals surface area contributed by atoms with Crippen LogP contribution >= 0.6 is 0 Å². The number of anilines is 1. The number of nitrogens with one attached hydrogen (secondary N) is 1. The van der Waals surface area contributed by atoms with E-state index in [9.17, 15) is 22.8 Å². The molecule has 0 bridgehead atoms. The van der Waals surface area contributed by atoms with Crippen molar-refractivity contribution in [3.05, 3.63) is 69.1 Å². The van der Waals surface area contributed by atoms with Gasteiger partial charge >= 0.3 is 11.8 Å². The van der Waals surface area contributed by atoms with Crippen molar-refractivity contribution >= 4 is 22.6 Å². The van der Waals surface area contributed by atoms with Gasteiger partial charge in [-0.15, -0.1) is 0 Å². The summed E-state index contributed by atoms with van der Waals surface area (Å²) in [6.45, 7) is 4.43. The zero-order valence-corrected chi connectivity index (χ0v) is 18.8. The predicted molar refractivity (Wildman–Crippen MR) is 119 cm³/mol. The second-order valence-electron chi connectivity index (χ2n) is 8.12. The molecule has 3 aromatic rings. The average molecular weight is 462 g/mol. The van der Waals surface area contributed by atoms with E-state index in [0.29, 0.717) is 35.5 Å². The monoisotopic (exact) mass is 462 g/mol. The summed E-state index contributed by atoms with van der Waals surface area (Å²) in [5.74, 6) is 0.00774. The minimum Gasteiger partial charge on any atom is -0.484 e. The lowest BCUT2D eigenvalue weighted by Gasteiger charge is -2.20. The summed E-state index contributed by atoms with van der Waals surface area (Å²) in [4.78, 5) is 25.3. The number of hydrogen-bond donors (Lipinski definition) is 1. The minimum absolute atomic E-state index is 0.229. The van der Waals surface area contributed by atoms with E-state index in [0.717, 1.165) is 16.5 Å². The van der Waals surface area contributed by atoms with E-state index >= 15 is 0 Å². The van der Waals surface area contributed by atoms with Crippen molar-refractivity contribution in [2.75, 3.05) is 19.0 Å². The van der Waals surface area contributed by atoms with Crippen molar-refractivity contribution in [3.8, 4) is 5.75 Å². The van der Waals surface area contributed by atoms with Gasteiger partial charge in [-0.1, -0.05) is 12.1 Å². The molecule has 6 nitrogen and oxygen atoms in total. The number of fused-ring (bicyclic) bond motifs is 1. The quantitative estimate of drug-likeness (QED) is 0.504. The molecule has 9 heteroatoms. The van der Waals surface area contributed by atoms with Crippen LogP contribution in [0.3, 0.4) is 0 Å². The molecule has 1 N–H and O–H groups in total. The molecule has 0 aliphatic carbocycles. The topological polar surface area (TPSA) is 71.8 Å². The highest BCUT2D eigenvalue weighted by Gasteiger charge is 2.29. The van der Waals surface area contributed by atoms with Crippen molar-refractivity contribution in [2.45, 2.75) is 40.0 Å². The molecule has 33 heavy (non-hydrogen) atoms. The Hall–Kier alpha value is -3.33. The second kappa shape index (κ2) is 9.66. The first kappa shape index (κ1) is 24.3. The van der Waals surface area contributed by atoms with Crippen LogP contribution in [0.25, 0.3) is 11.0 Å². The van der Waals surface area contributed by atoms with E-state index in [4.69, 9.17) is 9.15 Å². The molecule has 0 fully saturated rings. The van der Waals surface area contributed by atoms with Crippen LogP contribution in [0, 0.1) is 13.8 Å². The van der Waals surface area contributed by atoms with Gasteiger partial charge in [0.15, 0.2) is 6.61 Å². The van der Waals surface area contributed by atoms with E-state index in [1.165, 1.54) is 13.0 Å². The number of carbonyl (C=O) groups is 1. The number of nitrogens with zero attached hydrogens (tertiary/aromatic N) is 1. The smallest absolute Gasteiger partial charge is 0.422 e. The van der Waals surface area contributed by atoms with E-state index in [2.05, 4.69) is 5.32 Å². The molecule has 0 spiro atoms. The zero-order valence-electron chi connectivity index (χ0n) is 18.8. The number of alkyl halides is 3. The van der Waals surface area contributed by atoms with Crippen molar-refractivity contribution in [1.82, 2.24) is 4.90 Å². The van der Waals surface area contributed by atoms with Gasteiger partial charge in [0.1, 0.15) is 11.3 Å². The number of rotatable bonds is 7. The molecule has 0 atom stereocenters. The first-order valence-electron chi connectivity index (χ1n) is 10.2. The van der Waals surface area contributed by atoms with Crippen LogP contribution in [0.4, 0.5) is 18.9 Å². The lowest BCUT2D eigenvalue weighted by molar-refractivity contribution is -0.153. The number of benzene rings is 2. The molecule has 2 aromatic carbocycles. The van der Waals surface area contributed by atoms with Crippen molar-refractivity contribution in [1.29, 1.82) is 0 Å². The number of carbonyl (C=O) groups excluding carboxylic acids is 1. The molecule has 1 aromatic heterocycles. The van der Waals surface area contributed by atoms with Crippen LogP contribution in [0.2, 0.25) is 0 Å². The maximum atomic E-state index is 12.5. The normalized spacial score (nSPS) is 11.8. The molecular formula is C24H25F3N2O4. The molecule has 0 aliphatic rings. The van der Waals surface area contributed by atoms with Crippen LogP contribution in [0.5, 0.6) is 5.75 Å². The van der Waals surface area contributed by atoms with E-state index in [-0.39, 0.29) is 11.7 Å². The number of hydrogen-bond acceptors (Lipinski definition) is 5. The molecule has 3 rings (SSSR count). The molecule has 0 aliphatic heterocycles. The molecule has 1 heterocycles. The molecule has 0 radical (unpaired) electrons. The Bertz CT molecular complexity index is 1210. The van der Waals surface area contributed by atoms with Gasteiger partial charge in [0.25, 0.3) is 0 Å². The fraction of sp³-hybridized carbons (Fsp3) is 0.333. The highest BCUT2D eigenvalue weighted by Crippen LogP contribution is 2.28. The third kappa shape index (κ3) is 6.58. The second-order valence-corrected chi connectivity index (χ2v) is 8.12. The maximum Gasteiger partial charge on any atom is 0.422 e. The van der Waals surface area contributed by atoms with E-state index in [1.807, 2.05) is 11.9 Å². The molecule has 0 unspecified atom stereocenters. The Morgan fingerprint density at radius 3 is 2.36 bits per heavy atom. The summed E-state index contributed by atoms with van der Waals surface area (Å²) in [6.07, 6.45) is -4.40. The summed E-state index contributed by atoms with van der Waals surface area (Å²) >= 11 is 0. The zero-order chi connectivity index (χ0) is 24.3. The van der Waals surface area contributed by atoms with Crippen LogP contribution < -0.4 is 15.7 Å². The summed E-state index contributed by atoms with van der Waals surface area (Å²) in [5, 5.41) is 3.41. The first-order chi connectivity index (χ1) is 15.4. The molecule has 0 saturated carbocycles. The van der Waals surface area contributed by atoms with Gasteiger partial charge in [-0.25, -0.2) is 4.79 Å². The molecular weight excluding hydrogens is 437 g/mol. The average Bonchev–Trinajstić information content (AvgIpc) is 2.65. The molecule has 1 amide bonds. The first-order valence-corrected chi connectivity index (χ1v) is 10.2. The van der Waals surface area contributed by atoms with Crippen LogP contribution in [0.1, 0.15) is 29.2 Å². The van der Waals surface area contributed by atoms with Crippen LogP contribution in [-0.2, 0) is 17.9 Å². The summed E-state index contributed by atoms with van der Waals surface area (Å²) < 4.78 is 47.8. The van der Waals surface area contributed by atoms with Gasteiger partial charge in [-0.05, 0) is 55.3 Å². The van der Waals surface area contributed by atoms with E-state index in [1.54, 1.807) is 44.2 Å². The van der Waals surface area contributed by atoms with Gasteiger partial charge in [-0.2, -0.15) is 13.2 Å². The standard InChI is InChI=1S/C24H25F3N2O4/c1-14-7-17(8-15(2)23(14)32-13-24(25,26)27)11-29(4)12-18-9-22(31)33-21-10-19(28-16(3)30)5-6-20(18)21/h5-10H,11-13H2,1-4H3,(H,28,30).